The SMILES string of the molecule is CCCC(C(=O)NC=O)c1noc2c3c(ccc12)CC(CN1CCN(c2ccc(Nc4nc(N5CCCC(N6CCN(C)C6=O)C5)cnc4C(N)=O)cc2OC)CC1)C3. The average molecular weight is 808 g/mol. The number of anilines is 4. The lowest BCUT2D eigenvalue weighted by Gasteiger charge is -2.38. The number of methoxy groups -OCH3 is 1. The van der Waals surface area contributed by atoms with Gasteiger partial charge in [-0.2, -0.15) is 0 Å². The first-order chi connectivity index (χ1) is 28.6. The van der Waals surface area contributed by atoms with Crippen LogP contribution in [-0.4, -0.2) is 133 Å². The van der Waals surface area contributed by atoms with Gasteiger partial charge in [0.15, 0.2) is 17.1 Å². The Kier molecular flexibility index (Phi) is 11.5. The number of ether oxygens (including phenoxy) is 1. The molecule has 3 atom stereocenters. The van der Waals surface area contributed by atoms with Crippen molar-refractivity contribution in [2.75, 3.05) is 88.2 Å². The van der Waals surface area contributed by atoms with Gasteiger partial charge < -0.3 is 39.9 Å². The number of carbonyl (C=O) groups is 4. The van der Waals surface area contributed by atoms with Crippen LogP contribution in [0.2, 0.25) is 0 Å². The number of aromatic nitrogens is 3. The van der Waals surface area contributed by atoms with E-state index in [9.17, 15) is 19.2 Å². The van der Waals surface area contributed by atoms with Gasteiger partial charge in [-0.1, -0.05) is 24.6 Å². The summed E-state index contributed by atoms with van der Waals surface area (Å²) in [5.74, 6) is 0.419. The van der Waals surface area contributed by atoms with Crippen LogP contribution in [0.5, 0.6) is 5.75 Å². The van der Waals surface area contributed by atoms with E-state index in [2.05, 4.69) is 41.5 Å². The van der Waals surface area contributed by atoms with E-state index >= 15 is 0 Å². The second-order valence-corrected chi connectivity index (χ2v) is 16.1. The number of piperidine rings is 1. The van der Waals surface area contributed by atoms with Gasteiger partial charge in [0.1, 0.15) is 17.3 Å². The summed E-state index contributed by atoms with van der Waals surface area (Å²) in [5, 5.41) is 10.8. The number of hydrogen-bond acceptors (Lipinski definition) is 13. The molecule has 0 saturated carbocycles. The summed E-state index contributed by atoms with van der Waals surface area (Å²) in [7, 11) is 3.48. The number of urea groups is 1. The molecule has 3 unspecified atom stereocenters. The van der Waals surface area contributed by atoms with E-state index < -0.39 is 11.8 Å². The fraction of sp³-hybridized carbons (Fsp3) is 0.500. The van der Waals surface area contributed by atoms with Crippen molar-refractivity contribution in [3.8, 4) is 5.75 Å². The topological polar surface area (TPSA) is 196 Å². The van der Waals surface area contributed by atoms with Gasteiger partial charge in [-0.3, -0.25) is 24.6 Å². The number of nitrogens with one attached hydrogen (secondary N) is 2. The van der Waals surface area contributed by atoms with E-state index in [0.29, 0.717) is 54.8 Å². The predicted molar refractivity (Wildman–Crippen MR) is 222 cm³/mol. The van der Waals surface area contributed by atoms with Crippen molar-refractivity contribution >= 4 is 58.2 Å². The lowest BCUT2D eigenvalue weighted by molar-refractivity contribution is -0.126. The maximum atomic E-state index is 12.7. The summed E-state index contributed by atoms with van der Waals surface area (Å²) in [6.45, 7) is 9.24. The van der Waals surface area contributed by atoms with Crippen LogP contribution in [0.15, 0.2) is 41.1 Å². The second kappa shape index (κ2) is 17.1. The van der Waals surface area contributed by atoms with E-state index in [1.807, 2.05) is 43.1 Å². The number of piperazine rings is 1. The molecule has 0 spiro atoms. The van der Waals surface area contributed by atoms with Crippen LogP contribution in [0.4, 0.5) is 27.8 Å². The lowest BCUT2D eigenvalue weighted by Crippen LogP contribution is -2.49. The monoisotopic (exact) mass is 807 g/mol. The number of likely N-dealkylation sites (N-methyl/N-ethyl adjacent to an activating group) is 1. The maximum absolute atomic E-state index is 12.7. The number of amides is 5. The third-order valence-electron chi connectivity index (χ3n) is 12.4. The van der Waals surface area contributed by atoms with Gasteiger partial charge in [-0.15, -0.1) is 0 Å². The fourth-order valence-corrected chi connectivity index (χ4v) is 9.34. The summed E-state index contributed by atoms with van der Waals surface area (Å²) >= 11 is 0. The molecule has 5 amide bonds. The number of primary amides is 1. The van der Waals surface area contributed by atoms with Gasteiger partial charge in [0, 0.05) is 88.7 Å². The van der Waals surface area contributed by atoms with Crippen molar-refractivity contribution in [1.82, 2.24) is 35.1 Å². The minimum atomic E-state index is -0.685. The molecule has 17 nitrogen and oxygen atoms in total. The molecular formula is C42H53N11O6. The molecule has 4 aromatic rings. The van der Waals surface area contributed by atoms with Crippen LogP contribution in [-0.2, 0) is 22.4 Å². The highest BCUT2D eigenvalue weighted by molar-refractivity contribution is 5.97. The summed E-state index contributed by atoms with van der Waals surface area (Å²) < 4.78 is 11.8. The predicted octanol–water partition coefficient (Wildman–Crippen LogP) is 3.50. The Bertz CT molecular complexity index is 2220. The molecule has 3 saturated heterocycles. The van der Waals surface area contributed by atoms with E-state index in [0.717, 1.165) is 94.6 Å². The zero-order valence-electron chi connectivity index (χ0n) is 34.0. The van der Waals surface area contributed by atoms with Crippen molar-refractivity contribution < 1.29 is 28.4 Å². The van der Waals surface area contributed by atoms with E-state index in [1.54, 1.807) is 18.2 Å². The van der Waals surface area contributed by atoms with Crippen LogP contribution in [0, 0.1) is 5.92 Å². The Balaban J connectivity index is 0.897. The quantitative estimate of drug-likeness (QED) is 0.157. The zero-order valence-corrected chi connectivity index (χ0v) is 34.0. The third kappa shape index (κ3) is 8.07. The number of nitrogens with zero attached hydrogens (tertiary/aromatic N) is 8. The van der Waals surface area contributed by atoms with E-state index in [-0.39, 0.29) is 29.5 Å². The van der Waals surface area contributed by atoms with Crippen molar-refractivity contribution in [3.05, 3.63) is 59.0 Å². The molecule has 1 aliphatic carbocycles. The first-order valence-corrected chi connectivity index (χ1v) is 20.7. The molecule has 0 bridgehead atoms. The zero-order chi connectivity index (χ0) is 41.2. The smallest absolute Gasteiger partial charge is 0.320 e. The largest absolute Gasteiger partial charge is 0.495 e. The molecule has 4 N–H and O–H groups in total. The van der Waals surface area contributed by atoms with Crippen LogP contribution in [0.1, 0.15) is 65.8 Å². The van der Waals surface area contributed by atoms with Gasteiger partial charge >= 0.3 is 6.03 Å². The normalized spacial score (nSPS) is 20.2. The molecule has 3 aliphatic heterocycles. The number of nitrogens with two attached hydrogens (primary N) is 1. The third-order valence-corrected chi connectivity index (χ3v) is 12.4. The molecule has 312 valence electrons. The van der Waals surface area contributed by atoms with Gasteiger partial charge in [-0.05, 0) is 61.8 Å². The Labute approximate surface area is 343 Å². The summed E-state index contributed by atoms with van der Waals surface area (Å²) in [6, 6.07) is 10.2. The number of fused-ring (bicyclic) bond motifs is 3. The molecule has 3 fully saturated rings. The molecule has 59 heavy (non-hydrogen) atoms. The van der Waals surface area contributed by atoms with Crippen molar-refractivity contribution in [3.63, 3.8) is 0 Å². The molecule has 2 aromatic carbocycles. The van der Waals surface area contributed by atoms with Gasteiger partial charge in [-0.25, -0.2) is 14.8 Å². The first kappa shape index (κ1) is 39.8. The minimum Gasteiger partial charge on any atom is -0.495 e. The molecule has 8 rings (SSSR count). The minimum absolute atomic E-state index is 0.0407. The van der Waals surface area contributed by atoms with E-state index in [1.165, 1.54) is 11.1 Å². The molecule has 2 aromatic heterocycles. The molecule has 17 heteroatoms. The summed E-state index contributed by atoms with van der Waals surface area (Å²) in [5.41, 5.74) is 11.2. The van der Waals surface area contributed by atoms with Crippen molar-refractivity contribution in [2.24, 2.45) is 11.7 Å². The first-order valence-electron chi connectivity index (χ1n) is 20.7. The second-order valence-electron chi connectivity index (χ2n) is 16.1. The number of rotatable bonds is 14. The van der Waals surface area contributed by atoms with Crippen LogP contribution < -0.4 is 30.9 Å². The van der Waals surface area contributed by atoms with Gasteiger partial charge in [0.25, 0.3) is 5.91 Å². The molecular weight excluding hydrogens is 755 g/mol. The highest BCUT2D eigenvalue weighted by Gasteiger charge is 2.35. The fourth-order valence-electron chi connectivity index (χ4n) is 9.34. The van der Waals surface area contributed by atoms with Gasteiger partial charge in [0.2, 0.25) is 12.3 Å². The molecule has 5 heterocycles. The highest BCUT2D eigenvalue weighted by atomic mass is 16.5. The van der Waals surface area contributed by atoms with Crippen molar-refractivity contribution in [2.45, 2.75) is 57.4 Å². The molecule has 0 radical (unpaired) electrons. The Morgan fingerprint density at radius 2 is 1.90 bits per heavy atom. The number of benzene rings is 2. The lowest BCUT2D eigenvalue weighted by atomic mass is 9.95. The standard InChI is InChI=1S/C42H53N11O6/c1-4-6-31(41(56)45-25-54)36-30-10-8-27-19-26(20-32(27)38(30)59-48-36)23-50-14-16-51(17-15-50)33-11-9-28(21-34(33)58-3)46-40-37(39(43)55)44-22-35(47-40)52-12-5-7-29(24-52)53-18-13-49(2)42(53)57/h8-11,21-22,25-26,29,31H,4-7,12-20,23-24H2,1-3H3,(H2,43,55)(H,46,47)(H,45,54,56). The highest BCUT2D eigenvalue weighted by Crippen LogP contribution is 2.38. The molecule has 4 aliphatic rings. The van der Waals surface area contributed by atoms with Crippen molar-refractivity contribution in [1.29, 1.82) is 0 Å². The average Bonchev–Trinajstić information content (AvgIpc) is 3.96. The van der Waals surface area contributed by atoms with Crippen LogP contribution in [0.3, 0.4) is 0 Å². The Morgan fingerprint density at radius 3 is 2.63 bits per heavy atom. The van der Waals surface area contributed by atoms with Crippen LogP contribution >= 0.6 is 0 Å². The van der Waals surface area contributed by atoms with Gasteiger partial charge in [0.05, 0.1) is 31.0 Å². The summed E-state index contributed by atoms with van der Waals surface area (Å²) in [6.07, 6.45) is 7.01. The Hall–Kier alpha value is -5.97. The van der Waals surface area contributed by atoms with E-state index in [4.69, 9.17) is 20.0 Å². The van der Waals surface area contributed by atoms with Crippen LogP contribution in [0.25, 0.3) is 11.0 Å². The summed E-state index contributed by atoms with van der Waals surface area (Å²) in [4.78, 5) is 68.8. The Morgan fingerprint density at radius 1 is 1.07 bits per heavy atom. The number of imide groups is 1. The number of carbonyl (C=O) groups excluding carboxylic acids is 4. The number of hydrogen-bond donors (Lipinski definition) is 3. The maximum Gasteiger partial charge on any atom is 0.320 e.